The standard InChI is InChI=1S/C29H26N10O3/c1-3-17-5-9-21-19(13-17)7-6-18-12-16(2)4-8-20(18)25(21)22-15-39(29(42)34-26(22)41)23-10-11-30-27(32-23)31-14-24(40)33-28-35-37-38-36-28/h4-13,15,25H,3,14H2,1-2H3,(H,30,31,32)(H,34,41,42)(H2,33,35,36,37,38,40). The van der Waals surface area contributed by atoms with Crippen molar-refractivity contribution in [2.45, 2.75) is 26.2 Å². The molecule has 1 aliphatic carbocycles. The van der Waals surface area contributed by atoms with Gasteiger partial charge in [-0.15, -0.1) is 5.10 Å². The topological polar surface area (TPSA) is 176 Å². The summed E-state index contributed by atoms with van der Waals surface area (Å²) in [7, 11) is 0. The Morgan fingerprint density at radius 3 is 2.55 bits per heavy atom. The first-order valence-corrected chi connectivity index (χ1v) is 13.3. The number of amides is 1. The molecule has 0 aliphatic heterocycles. The number of benzene rings is 2. The highest BCUT2D eigenvalue weighted by Crippen LogP contribution is 2.38. The fourth-order valence-corrected chi connectivity index (χ4v) is 5.01. The third kappa shape index (κ3) is 5.22. The van der Waals surface area contributed by atoms with Crippen LogP contribution in [0.5, 0.6) is 0 Å². The number of hydrogen-bond donors (Lipinski definition) is 4. The van der Waals surface area contributed by atoms with Crippen molar-refractivity contribution in [1.29, 1.82) is 0 Å². The maximum atomic E-state index is 13.4. The van der Waals surface area contributed by atoms with Gasteiger partial charge in [0.05, 0.1) is 6.54 Å². The van der Waals surface area contributed by atoms with Crippen LogP contribution < -0.4 is 21.9 Å². The van der Waals surface area contributed by atoms with Gasteiger partial charge in [0.25, 0.3) is 11.5 Å². The van der Waals surface area contributed by atoms with Crippen LogP contribution in [-0.2, 0) is 11.2 Å². The third-order valence-corrected chi connectivity index (χ3v) is 7.04. The van der Waals surface area contributed by atoms with E-state index in [1.54, 1.807) is 6.07 Å². The van der Waals surface area contributed by atoms with E-state index in [4.69, 9.17) is 0 Å². The van der Waals surface area contributed by atoms with Crippen LogP contribution in [0, 0.1) is 6.92 Å². The van der Waals surface area contributed by atoms with E-state index in [0.29, 0.717) is 5.56 Å². The molecule has 0 radical (unpaired) electrons. The summed E-state index contributed by atoms with van der Waals surface area (Å²) in [4.78, 5) is 49.7. The number of nitrogens with one attached hydrogen (secondary N) is 4. The zero-order valence-corrected chi connectivity index (χ0v) is 22.8. The van der Waals surface area contributed by atoms with E-state index in [0.717, 1.165) is 34.2 Å². The molecular formula is C29H26N10O3. The third-order valence-electron chi connectivity index (χ3n) is 7.04. The molecule has 0 saturated heterocycles. The second kappa shape index (κ2) is 11.0. The van der Waals surface area contributed by atoms with Crippen LogP contribution in [0.15, 0.2) is 64.4 Å². The number of tetrazole rings is 1. The van der Waals surface area contributed by atoms with Crippen molar-refractivity contribution in [3.05, 3.63) is 115 Å². The van der Waals surface area contributed by atoms with Crippen LogP contribution in [-0.4, -0.2) is 52.6 Å². The Morgan fingerprint density at radius 2 is 1.79 bits per heavy atom. The van der Waals surface area contributed by atoms with Gasteiger partial charge in [0.1, 0.15) is 5.82 Å². The molecular weight excluding hydrogens is 536 g/mol. The van der Waals surface area contributed by atoms with Crippen LogP contribution in [0.3, 0.4) is 0 Å². The van der Waals surface area contributed by atoms with Crippen LogP contribution >= 0.6 is 0 Å². The zero-order valence-electron chi connectivity index (χ0n) is 22.8. The number of carbonyl (C=O) groups excluding carboxylic acids is 1. The average molecular weight is 563 g/mol. The van der Waals surface area contributed by atoms with Crippen molar-refractivity contribution >= 4 is 30.0 Å². The quantitative estimate of drug-likeness (QED) is 0.228. The number of aromatic amines is 2. The maximum Gasteiger partial charge on any atom is 0.334 e. The summed E-state index contributed by atoms with van der Waals surface area (Å²) in [6.07, 6.45) is 8.02. The van der Waals surface area contributed by atoms with Crippen molar-refractivity contribution in [3.63, 3.8) is 0 Å². The fraction of sp³-hybridized carbons (Fsp3) is 0.172. The van der Waals surface area contributed by atoms with Gasteiger partial charge < -0.3 is 5.32 Å². The predicted octanol–water partition coefficient (Wildman–Crippen LogP) is 2.41. The molecule has 1 aliphatic rings. The molecule has 2 aromatic carbocycles. The SMILES string of the molecule is CCc1ccc2c(c1)C=Cc1cc(C)ccc1C2c1cn(-c2ccnc(NCC(=O)Nc3nn[nH]n3)n2)c(=O)[nH]c1=O. The summed E-state index contributed by atoms with van der Waals surface area (Å²) in [5, 5.41) is 18.2. The van der Waals surface area contributed by atoms with Gasteiger partial charge in [0.15, 0.2) is 0 Å². The van der Waals surface area contributed by atoms with E-state index >= 15 is 0 Å². The number of aryl methyl sites for hydroxylation is 2. The normalized spacial score (nSPS) is 13.6. The van der Waals surface area contributed by atoms with E-state index in [1.807, 2.05) is 19.1 Å². The van der Waals surface area contributed by atoms with Gasteiger partial charge in [-0.3, -0.25) is 24.5 Å². The van der Waals surface area contributed by atoms with Gasteiger partial charge in [0.2, 0.25) is 11.9 Å². The molecule has 1 unspecified atom stereocenters. The summed E-state index contributed by atoms with van der Waals surface area (Å²) >= 11 is 0. The van der Waals surface area contributed by atoms with E-state index in [2.05, 4.69) is 89.6 Å². The molecule has 3 heterocycles. The minimum Gasteiger partial charge on any atom is -0.345 e. The van der Waals surface area contributed by atoms with Crippen molar-refractivity contribution in [1.82, 2.24) is 40.1 Å². The van der Waals surface area contributed by atoms with Crippen molar-refractivity contribution in [2.24, 2.45) is 0 Å². The molecule has 0 bridgehead atoms. The smallest absolute Gasteiger partial charge is 0.334 e. The van der Waals surface area contributed by atoms with Gasteiger partial charge in [0, 0.05) is 29.9 Å². The van der Waals surface area contributed by atoms with E-state index < -0.39 is 23.1 Å². The number of fused-ring (bicyclic) bond motifs is 2. The second-order valence-electron chi connectivity index (χ2n) is 9.80. The Bertz CT molecular complexity index is 1940. The monoisotopic (exact) mass is 562 g/mol. The summed E-state index contributed by atoms with van der Waals surface area (Å²) < 4.78 is 1.27. The molecule has 6 rings (SSSR count). The Morgan fingerprint density at radius 1 is 1.00 bits per heavy atom. The van der Waals surface area contributed by atoms with E-state index in [-0.39, 0.29) is 24.3 Å². The highest BCUT2D eigenvalue weighted by atomic mass is 16.2. The van der Waals surface area contributed by atoms with Crippen LogP contribution in [0.25, 0.3) is 18.0 Å². The highest BCUT2D eigenvalue weighted by Gasteiger charge is 2.27. The van der Waals surface area contributed by atoms with Crippen LogP contribution in [0.4, 0.5) is 11.9 Å². The number of H-pyrrole nitrogens is 2. The lowest BCUT2D eigenvalue weighted by Gasteiger charge is -2.22. The minimum absolute atomic E-state index is 0.0294. The van der Waals surface area contributed by atoms with Crippen LogP contribution in [0.1, 0.15) is 51.8 Å². The molecule has 3 aromatic heterocycles. The summed E-state index contributed by atoms with van der Waals surface area (Å²) in [6.45, 7) is 3.94. The highest BCUT2D eigenvalue weighted by molar-refractivity contribution is 5.91. The molecule has 0 spiro atoms. The van der Waals surface area contributed by atoms with Crippen molar-refractivity contribution in [3.8, 4) is 5.82 Å². The minimum atomic E-state index is -0.652. The number of nitrogens with zero attached hydrogens (tertiary/aromatic N) is 6. The largest absolute Gasteiger partial charge is 0.345 e. The molecule has 13 nitrogen and oxygen atoms in total. The van der Waals surface area contributed by atoms with E-state index in [9.17, 15) is 14.4 Å². The number of aromatic nitrogens is 8. The maximum absolute atomic E-state index is 13.4. The predicted molar refractivity (Wildman–Crippen MR) is 156 cm³/mol. The summed E-state index contributed by atoms with van der Waals surface area (Å²) in [5.74, 6) is -0.546. The number of rotatable bonds is 7. The Labute approximate surface area is 238 Å². The Balaban J connectivity index is 1.39. The first-order valence-electron chi connectivity index (χ1n) is 13.3. The lowest BCUT2D eigenvalue weighted by atomic mass is 9.82. The first-order chi connectivity index (χ1) is 20.4. The van der Waals surface area contributed by atoms with Gasteiger partial charge >= 0.3 is 5.69 Å². The average Bonchev–Trinajstić information content (AvgIpc) is 3.44. The number of carbonyl (C=O) groups is 1. The molecule has 0 saturated carbocycles. The van der Waals surface area contributed by atoms with Gasteiger partial charge in [-0.2, -0.15) is 10.2 Å². The lowest BCUT2D eigenvalue weighted by molar-refractivity contribution is -0.114. The Hall–Kier alpha value is -5.72. The van der Waals surface area contributed by atoms with Crippen molar-refractivity contribution < 1.29 is 4.79 Å². The van der Waals surface area contributed by atoms with E-state index in [1.165, 1.54) is 22.5 Å². The van der Waals surface area contributed by atoms with Gasteiger partial charge in [-0.05, 0) is 46.4 Å². The summed E-state index contributed by atoms with van der Waals surface area (Å²) in [5.41, 5.74) is 5.46. The zero-order chi connectivity index (χ0) is 29.2. The molecule has 1 atom stereocenters. The van der Waals surface area contributed by atoms with Gasteiger partial charge in [-0.25, -0.2) is 9.78 Å². The molecule has 4 N–H and O–H groups in total. The molecule has 0 fully saturated rings. The second-order valence-corrected chi connectivity index (χ2v) is 9.80. The van der Waals surface area contributed by atoms with Crippen molar-refractivity contribution in [2.75, 3.05) is 17.2 Å². The summed E-state index contributed by atoms with van der Waals surface area (Å²) in [6, 6.07) is 13.9. The molecule has 5 aromatic rings. The molecule has 42 heavy (non-hydrogen) atoms. The fourth-order valence-electron chi connectivity index (χ4n) is 5.01. The molecule has 1 amide bonds. The first kappa shape index (κ1) is 26.5. The molecule has 210 valence electrons. The number of anilines is 2. The lowest BCUT2D eigenvalue weighted by Crippen LogP contribution is -2.33. The Kier molecular flexibility index (Phi) is 6.97. The van der Waals surface area contributed by atoms with Gasteiger partial charge in [-0.1, -0.05) is 66.1 Å². The van der Waals surface area contributed by atoms with Crippen LogP contribution in [0.2, 0.25) is 0 Å². The molecule has 13 heteroatoms. The number of hydrogen-bond acceptors (Lipinski definition) is 9.